The van der Waals surface area contributed by atoms with Crippen molar-refractivity contribution in [1.29, 1.82) is 0 Å². The Morgan fingerprint density at radius 3 is 3.21 bits per heavy atom. The number of nitrogens with zero attached hydrogens (tertiary/aromatic N) is 3. The monoisotopic (exact) mass is 192 g/mol. The fraction of sp³-hybridized carbons (Fsp3) is 0.600. The SMILES string of the molecule is Cn1cnnc1CNC1C=CCCC1. The number of hydrogen-bond acceptors (Lipinski definition) is 3. The Labute approximate surface area is 84.0 Å². The molecule has 76 valence electrons. The van der Waals surface area contributed by atoms with E-state index in [0.29, 0.717) is 6.04 Å². The smallest absolute Gasteiger partial charge is 0.146 e. The summed E-state index contributed by atoms with van der Waals surface area (Å²) in [6.07, 6.45) is 9.97. The molecule has 0 saturated heterocycles. The Balaban J connectivity index is 1.85. The minimum Gasteiger partial charge on any atom is -0.320 e. The molecule has 0 aromatic carbocycles. The molecule has 1 heterocycles. The lowest BCUT2D eigenvalue weighted by Gasteiger charge is -2.17. The van der Waals surface area contributed by atoms with Gasteiger partial charge in [0.2, 0.25) is 0 Å². The summed E-state index contributed by atoms with van der Waals surface area (Å²) in [5.74, 6) is 0.990. The highest BCUT2D eigenvalue weighted by molar-refractivity contribution is 4.98. The van der Waals surface area contributed by atoms with Crippen LogP contribution in [0.3, 0.4) is 0 Å². The van der Waals surface area contributed by atoms with Gasteiger partial charge in [0, 0.05) is 13.1 Å². The van der Waals surface area contributed by atoms with Crippen molar-refractivity contribution in [2.75, 3.05) is 0 Å². The van der Waals surface area contributed by atoms with Crippen molar-refractivity contribution in [3.8, 4) is 0 Å². The standard InChI is InChI=1S/C10H16N4/c1-14-8-12-13-10(14)7-11-9-5-3-2-4-6-9/h3,5,8-9,11H,2,4,6-7H2,1H3. The van der Waals surface area contributed by atoms with E-state index in [9.17, 15) is 0 Å². The Morgan fingerprint density at radius 2 is 2.57 bits per heavy atom. The van der Waals surface area contributed by atoms with Crippen LogP contribution in [-0.4, -0.2) is 20.8 Å². The maximum absolute atomic E-state index is 4.03. The van der Waals surface area contributed by atoms with E-state index < -0.39 is 0 Å². The minimum absolute atomic E-state index is 0.514. The molecule has 4 heteroatoms. The summed E-state index contributed by atoms with van der Waals surface area (Å²) >= 11 is 0. The zero-order valence-electron chi connectivity index (χ0n) is 8.48. The normalized spacial score (nSPS) is 21.4. The van der Waals surface area contributed by atoms with E-state index in [4.69, 9.17) is 0 Å². The molecule has 14 heavy (non-hydrogen) atoms. The Morgan fingerprint density at radius 1 is 1.64 bits per heavy atom. The van der Waals surface area contributed by atoms with Gasteiger partial charge in [0.1, 0.15) is 12.2 Å². The van der Waals surface area contributed by atoms with Crippen LogP contribution < -0.4 is 5.32 Å². The zero-order chi connectivity index (χ0) is 9.80. The summed E-state index contributed by atoms with van der Waals surface area (Å²) in [4.78, 5) is 0. The molecular weight excluding hydrogens is 176 g/mol. The van der Waals surface area contributed by atoms with Crippen LogP contribution in [0.25, 0.3) is 0 Å². The predicted octanol–water partition coefficient (Wildman–Crippen LogP) is 1.01. The molecule has 0 amide bonds. The van der Waals surface area contributed by atoms with Gasteiger partial charge >= 0.3 is 0 Å². The van der Waals surface area contributed by atoms with E-state index in [-0.39, 0.29) is 0 Å². The number of nitrogens with one attached hydrogen (secondary N) is 1. The first-order valence-corrected chi connectivity index (χ1v) is 5.09. The fourth-order valence-electron chi connectivity index (χ4n) is 1.67. The Bertz CT molecular complexity index is 316. The van der Waals surface area contributed by atoms with E-state index in [0.717, 1.165) is 12.4 Å². The first kappa shape index (κ1) is 9.40. The highest BCUT2D eigenvalue weighted by Gasteiger charge is 2.08. The molecule has 0 radical (unpaired) electrons. The van der Waals surface area contributed by atoms with Crippen LogP contribution in [0.2, 0.25) is 0 Å². The van der Waals surface area contributed by atoms with Gasteiger partial charge < -0.3 is 9.88 Å². The molecular formula is C10H16N4. The predicted molar refractivity (Wildman–Crippen MR) is 54.6 cm³/mol. The number of aromatic nitrogens is 3. The molecule has 1 unspecified atom stereocenters. The Hall–Kier alpha value is -1.16. The summed E-state index contributed by atoms with van der Waals surface area (Å²) in [7, 11) is 1.97. The van der Waals surface area contributed by atoms with Crippen LogP contribution >= 0.6 is 0 Å². The molecule has 0 saturated carbocycles. The quantitative estimate of drug-likeness (QED) is 0.727. The van der Waals surface area contributed by atoms with Crippen molar-refractivity contribution in [2.24, 2.45) is 7.05 Å². The third-order valence-corrected chi connectivity index (χ3v) is 2.58. The van der Waals surface area contributed by atoms with E-state index in [1.54, 1.807) is 6.33 Å². The van der Waals surface area contributed by atoms with Crippen molar-refractivity contribution in [3.05, 3.63) is 24.3 Å². The van der Waals surface area contributed by atoms with Gasteiger partial charge in [-0.15, -0.1) is 10.2 Å². The summed E-state index contributed by atoms with van der Waals surface area (Å²) in [6.45, 7) is 0.797. The molecule has 1 atom stereocenters. The molecule has 1 aliphatic rings. The third-order valence-electron chi connectivity index (χ3n) is 2.58. The summed E-state index contributed by atoms with van der Waals surface area (Å²) in [6, 6.07) is 0.514. The van der Waals surface area contributed by atoms with Crippen LogP contribution in [0.4, 0.5) is 0 Å². The van der Waals surface area contributed by atoms with Gasteiger partial charge in [0.05, 0.1) is 6.54 Å². The van der Waals surface area contributed by atoms with Crippen LogP contribution in [-0.2, 0) is 13.6 Å². The first-order valence-electron chi connectivity index (χ1n) is 5.09. The topological polar surface area (TPSA) is 42.7 Å². The molecule has 1 aliphatic carbocycles. The Kier molecular flexibility index (Phi) is 2.93. The summed E-state index contributed by atoms with van der Waals surface area (Å²) in [5.41, 5.74) is 0. The summed E-state index contributed by atoms with van der Waals surface area (Å²) in [5, 5.41) is 11.3. The van der Waals surface area contributed by atoms with E-state index in [1.165, 1.54) is 19.3 Å². The molecule has 1 aromatic heterocycles. The first-order chi connectivity index (χ1) is 6.86. The highest BCUT2D eigenvalue weighted by Crippen LogP contribution is 2.10. The lowest BCUT2D eigenvalue weighted by atomic mass is 10.0. The third kappa shape index (κ3) is 2.20. The van der Waals surface area contributed by atoms with Crippen molar-refractivity contribution in [2.45, 2.75) is 31.8 Å². The van der Waals surface area contributed by atoms with Crippen LogP contribution in [0, 0.1) is 0 Å². The molecule has 1 aromatic rings. The molecule has 0 spiro atoms. The molecule has 4 nitrogen and oxygen atoms in total. The second-order valence-electron chi connectivity index (χ2n) is 3.70. The second-order valence-corrected chi connectivity index (χ2v) is 3.70. The average molecular weight is 192 g/mol. The number of hydrogen-bond donors (Lipinski definition) is 1. The van der Waals surface area contributed by atoms with E-state index in [1.807, 2.05) is 11.6 Å². The van der Waals surface area contributed by atoms with Crippen LogP contribution in [0.15, 0.2) is 18.5 Å². The van der Waals surface area contributed by atoms with Gasteiger partial charge in [-0.3, -0.25) is 0 Å². The lowest BCUT2D eigenvalue weighted by molar-refractivity contribution is 0.507. The van der Waals surface area contributed by atoms with Gasteiger partial charge in [-0.25, -0.2) is 0 Å². The maximum atomic E-state index is 4.03. The minimum atomic E-state index is 0.514. The van der Waals surface area contributed by atoms with Crippen molar-refractivity contribution in [1.82, 2.24) is 20.1 Å². The molecule has 1 N–H and O–H groups in total. The average Bonchev–Trinajstić information content (AvgIpc) is 2.63. The molecule has 0 bridgehead atoms. The molecule has 0 fully saturated rings. The summed E-state index contributed by atoms with van der Waals surface area (Å²) < 4.78 is 1.94. The van der Waals surface area contributed by atoms with Gasteiger partial charge in [0.15, 0.2) is 0 Å². The maximum Gasteiger partial charge on any atom is 0.146 e. The number of aryl methyl sites for hydroxylation is 1. The van der Waals surface area contributed by atoms with Crippen molar-refractivity contribution >= 4 is 0 Å². The van der Waals surface area contributed by atoms with E-state index in [2.05, 4.69) is 27.7 Å². The van der Waals surface area contributed by atoms with Gasteiger partial charge in [-0.2, -0.15) is 0 Å². The highest BCUT2D eigenvalue weighted by atomic mass is 15.3. The van der Waals surface area contributed by atoms with Gasteiger partial charge in [-0.05, 0) is 19.3 Å². The van der Waals surface area contributed by atoms with Crippen LogP contribution in [0.5, 0.6) is 0 Å². The molecule has 0 aliphatic heterocycles. The van der Waals surface area contributed by atoms with Crippen molar-refractivity contribution in [3.63, 3.8) is 0 Å². The number of rotatable bonds is 3. The van der Waals surface area contributed by atoms with Crippen molar-refractivity contribution < 1.29 is 0 Å². The number of allylic oxidation sites excluding steroid dienone is 1. The van der Waals surface area contributed by atoms with Gasteiger partial charge in [-0.1, -0.05) is 12.2 Å². The van der Waals surface area contributed by atoms with Crippen LogP contribution in [0.1, 0.15) is 25.1 Å². The molecule has 2 rings (SSSR count). The van der Waals surface area contributed by atoms with E-state index >= 15 is 0 Å². The second kappa shape index (κ2) is 4.37. The van der Waals surface area contributed by atoms with Gasteiger partial charge in [0.25, 0.3) is 0 Å². The zero-order valence-corrected chi connectivity index (χ0v) is 8.48. The lowest BCUT2D eigenvalue weighted by Crippen LogP contribution is -2.28. The largest absolute Gasteiger partial charge is 0.320 e. The fourth-order valence-corrected chi connectivity index (χ4v) is 1.67.